The van der Waals surface area contributed by atoms with Gasteiger partial charge in [0.1, 0.15) is 0 Å². The van der Waals surface area contributed by atoms with E-state index in [2.05, 4.69) is 17.9 Å². The monoisotopic (exact) mass is 334 g/mol. The molecule has 6 heteroatoms. The summed E-state index contributed by atoms with van der Waals surface area (Å²) in [5, 5.41) is 0. The molecule has 0 amide bonds. The van der Waals surface area contributed by atoms with Crippen LogP contribution in [0.1, 0.15) is 0 Å². The molecule has 0 aliphatic heterocycles. The summed E-state index contributed by atoms with van der Waals surface area (Å²) in [6.07, 6.45) is 0. The molecule has 12 heavy (non-hydrogen) atoms. The van der Waals surface area contributed by atoms with Gasteiger partial charge >= 0.3 is 75.4 Å². The summed E-state index contributed by atoms with van der Waals surface area (Å²) in [5.41, 5.74) is 0. The maximum absolute atomic E-state index is 12.9. The van der Waals surface area contributed by atoms with Crippen molar-refractivity contribution in [1.29, 1.82) is 0 Å². The summed E-state index contributed by atoms with van der Waals surface area (Å²) in [6, 6.07) is 5.74. The number of hydrogen-bond acceptors (Lipinski definition) is 0. The third-order valence-electron chi connectivity index (χ3n) is 1.19. The topological polar surface area (TPSA) is 0 Å². The molecule has 70 valence electrons. The van der Waals surface area contributed by atoms with Gasteiger partial charge in [0.15, 0.2) is 0 Å². The summed E-state index contributed by atoms with van der Waals surface area (Å²) < 4.78 is 37.7. The third kappa shape index (κ3) is 2.70. The Morgan fingerprint density at radius 2 is 1.33 bits per heavy atom. The molecule has 1 aromatic carbocycles. The average molecular weight is 333 g/mol. The van der Waals surface area contributed by atoms with E-state index in [1.807, 2.05) is 0 Å². The second kappa shape index (κ2) is 2.24. The Hall–Kier alpha value is 0.380. The van der Waals surface area contributed by atoms with Gasteiger partial charge in [-0.25, -0.2) is 0 Å². The molecule has 0 spiro atoms. The molecule has 0 aliphatic carbocycles. The van der Waals surface area contributed by atoms with Crippen molar-refractivity contribution in [3.63, 3.8) is 0 Å². The number of halogens is 5. The van der Waals surface area contributed by atoms with Crippen LogP contribution in [0, 0.1) is 0 Å². The summed E-state index contributed by atoms with van der Waals surface area (Å²) >= 11 is -8.30. The van der Waals surface area contributed by atoms with Crippen LogP contribution in [0.15, 0.2) is 30.3 Å². The van der Waals surface area contributed by atoms with Gasteiger partial charge in [0.2, 0.25) is 0 Å². The van der Waals surface area contributed by atoms with Crippen molar-refractivity contribution in [1.82, 2.24) is 0 Å². The van der Waals surface area contributed by atoms with E-state index in [0.717, 1.165) is 12.1 Å². The zero-order chi connectivity index (χ0) is 9.52. The predicted molar refractivity (Wildman–Crippen MR) is 46.9 cm³/mol. The van der Waals surface area contributed by atoms with E-state index in [0.29, 0.717) is 0 Å². The Bertz CT molecular complexity index is 290. The second-order valence-corrected chi connectivity index (χ2v) is 19.1. The average Bonchev–Trinajstić information content (AvgIpc) is 1.85. The Morgan fingerprint density at radius 1 is 0.917 bits per heavy atom. The van der Waals surface area contributed by atoms with Gasteiger partial charge in [-0.2, -0.15) is 0 Å². The Morgan fingerprint density at radius 3 is 1.58 bits per heavy atom. The van der Waals surface area contributed by atoms with Gasteiger partial charge in [-0.3, -0.25) is 0 Å². The van der Waals surface area contributed by atoms with Crippen molar-refractivity contribution in [2.45, 2.75) is 0 Å². The molecule has 0 atom stereocenters. The zero-order valence-corrected chi connectivity index (χ0v) is 9.53. The van der Waals surface area contributed by atoms with Crippen LogP contribution in [0.5, 0.6) is 0 Å². The Balaban J connectivity index is 3.36. The molecule has 0 aromatic heterocycles. The molecule has 0 bridgehead atoms. The van der Waals surface area contributed by atoms with Crippen LogP contribution < -0.4 is 3.61 Å². The molecule has 0 N–H and O–H groups in total. The quantitative estimate of drug-likeness (QED) is 0.693. The molecular weight excluding hydrogens is 328 g/mol. The van der Waals surface area contributed by atoms with E-state index in [1.165, 1.54) is 18.2 Å². The molecule has 1 aromatic rings. The van der Waals surface area contributed by atoms with Crippen LogP contribution in [-0.4, -0.2) is 14.9 Å². The molecule has 0 saturated carbocycles. The van der Waals surface area contributed by atoms with E-state index >= 15 is 0 Å². The Kier molecular flexibility index (Phi) is 1.96. The fraction of sp³-hybridized carbons (Fsp3) is 0. The van der Waals surface area contributed by atoms with Crippen molar-refractivity contribution >= 4 is 36.4 Å². The Labute approximate surface area is 75.2 Å². The molecule has 0 nitrogen and oxygen atoms in total. The molecular formula is C6H5Cl2F3Te. The fourth-order valence-electron chi connectivity index (χ4n) is 0.678. The summed E-state index contributed by atoms with van der Waals surface area (Å²) in [4.78, 5) is 0. The standard InChI is InChI=1S/C6H5Cl2F3Te/c7-12(8,9,10,11)6-4-2-1-3-5-6/h1-5H. The van der Waals surface area contributed by atoms with Crippen molar-refractivity contribution in [3.05, 3.63) is 30.3 Å². The molecule has 0 unspecified atom stereocenters. The predicted octanol–water partition coefficient (Wildman–Crippen LogP) is 3.12. The SMILES string of the molecule is F[Te](F)(F)(Cl)(Cl)c1ccccc1. The number of rotatable bonds is 1. The molecule has 0 aliphatic rings. The van der Waals surface area contributed by atoms with Crippen LogP contribution in [0.2, 0.25) is 0 Å². The second-order valence-electron chi connectivity index (χ2n) is 2.28. The van der Waals surface area contributed by atoms with Crippen molar-refractivity contribution in [2.24, 2.45) is 0 Å². The minimum atomic E-state index is -8.30. The summed E-state index contributed by atoms with van der Waals surface area (Å²) in [7, 11) is 9.05. The van der Waals surface area contributed by atoms with E-state index in [-0.39, 0.29) is 0 Å². The zero-order valence-electron chi connectivity index (χ0n) is 5.68. The van der Waals surface area contributed by atoms with Gasteiger partial charge in [0.25, 0.3) is 0 Å². The summed E-state index contributed by atoms with van der Waals surface area (Å²) in [5.74, 6) is 0. The molecule has 0 fully saturated rings. The van der Waals surface area contributed by atoms with E-state index in [9.17, 15) is 8.68 Å². The van der Waals surface area contributed by atoms with Crippen LogP contribution in [-0.2, 0) is 0 Å². The third-order valence-corrected chi connectivity index (χ3v) is 6.90. The maximum atomic E-state index is 12.9. The van der Waals surface area contributed by atoms with Gasteiger partial charge in [0.05, 0.1) is 0 Å². The van der Waals surface area contributed by atoms with E-state index < -0.39 is 18.5 Å². The van der Waals surface area contributed by atoms with Crippen molar-refractivity contribution < 1.29 is 8.68 Å². The first-order valence-electron chi connectivity index (χ1n) is 2.89. The molecule has 0 heterocycles. The van der Waals surface area contributed by atoms with Crippen LogP contribution in [0.4, 0.5) is 8.68 Å². The summed E-state index contributed by atoms with van der Waals surface area (Å²) in [6.45, 7) is 0. The normalized spacial score (nSPS) is 18.1. The first-order chi connectivity index (χ1) is 5.09. The van der Waals surface area contributed by atoms with Gasteiger partial charge in [-0.05, 0) is 0 Å². The van der Waals surface area contributed by atoms with Crippen molar-refractivity contribution in [2.75, 3.05) is 0 Å². The number of benzene rings is 1. The van der Waals surface area contributed by atoms with Gasteiger partial charge < -0.3 is 0 Å². The molecule has 1 rings (SSSR count). The van der Waals surface area contributed by atoms with Gasteiger partial charge in [-0.1, -0.05) is 0 Å². The number of hydrogen-bond donors (Lipinski definition) is 0. The van der Waals surface area contributed by atoms with E-state index in [4.69, 9.17) is 0 Å². The van der Waals surface area contributed by atoms with Crippen LogP contribution in [0.3, 0.4) is 0 Å². The van der Waals surface area contributed by atoms with Crippen LogP contribution in [0.25, 0.3) is 0 Å². The van der Waals surface area contributed by atoms with Crippen molar-refractivity contribution in [3.8, 4) is 0 Å². The van der Waals surface area contributed by atoms with Gasteiger partial charge in [-0.15, -0.1) is 0 Å². The molecule has 0 radical (unpaired) electrons. The minimum absolute atomic E-state index is 0.880. The first-order valence-corrected chi connectivity index (χ1v) is 12.6. The van der Waals surface area contributed by atoms with Crippen LogP contribution >= 0.6 is 17.9 Å². The first kappa shape index (κ1) is 10.5. The van der Waals surface area contributed by atoms with E-state index in [1.54, 1.807) is 0 Å². The molecule has 0 saturated heterocycles. The van der Waals surface area contributed by atoms with Gasteiger partial charge in [0, 0.05) is 0 Å². The fourth-order valence-corrected chi connectivity index (χ4v) is 3.97.